The molecule has 30 heavy (non-hydrogen) atoms. The van der Waals surface area contributed by atoms with Crippen molar-refractivity contribution in [2.45, 2.75) is 98.0 Å². The quantitative estimate of drug-likeness (QED) is 0.559. The lowest BCUT2D eigenvalue weighted by molar-refractivity contribution is -0.127. The smallest absolute Gasteiger partial charge is 0.136 e. The van der Waals surface area contributed by atoms with Gasteiger partial charge in [0.05, 0.1) is 6.10 Å². The van der Waals surface area contributed by atoms with Crippen LogP contribution in [0.2, 0.25) is 0 Å². The van der Waals surface area contributed by atoms with E-state index in [1.807, 2.05) is 6.92 Å². The first-order valence-corrected chi connectivity index (χ1v) is 12.7. The molecule has 3 fully saturated rings. The van der Waals surface area contributed by atoms with Gasteiger partial charge in [-0.2, -0.15) is 0 Å². The highest BCUT2D eigenvalue weighted by atomic mass is 16.3. The van der Waals surface area contributed by atoms with Crippen LogP contribution in [-0.2, 0) is 4.79 Å². The molecular formula is C27H44O3. The van der Waals surface area contributed by atoms with Gasteiger partial charge in [-0.3, -0.25) is 4.79 Å². The molecule has 3 heteroatoms. The summed E-state index contributed by atoms with van der Waals surface area (Å²) in [6.45, 7) is 9.41. The van der Waals surface area contributed by atoms with Crippen LogP contribution in [0.1, 0.15) is 91.9 Å². The zero-order chi connectivity index (χ0) is 21.7. The first-order valence-electron chi connectivity index (χ1n) is 12.7. The molecular weight excluding hydrogens is 372 g/mol. The zero-order valence-corrected chi connectivity index (χ0v) is 19.7. The van der Waals surface area contributed by atoms with E-state index in [1.165, 1.54) is 32.1 Å². The van der Waals surface area contributed by atoms with Gasteiger partial charge in [0.1, 0.15) is 5.78 Å². The summed E-state index contributed by atoms with van der Waals surface area (Å²) in [5.74, 6) is 3.58. The number of carbonyl (C=O) groups is 1. The van der Waals surface area contributed by atoms with Crippen LogP contribution in [-0.4, -0.2) is 28.7 Å². The summed E-state index contributed by atoms with van der Waals surface area (Å²) in [6, 6.07) is 0. The minimum atomic E-state index is -0.133. The Morgan fingerprint density at radius 2 is 1.90 bits per heavy atom. The molecule has 0 amide bonds. The standard InChI is InChI=1S/C27H44O3/c1-17(16-28)5-10-25(30)18(2)22-8-9-23-21-7-6-19-15-20(29)11-13-26(19,3)24(21)12-14-27(22,23)4/h6,17-18,20-24,28-29H,5,7-16H2,1-4H3/t17-,18+,20+,21-,22-,23-,24-,26+,27-/m1/s1. The van der Waals surface area contributed by atoms with E-state index in [2.05, 4.69) is 26.8 Å². The third kappa shape index (κ3) is 3.62. The predicted octanol–water partition coefficient (Wildman–Crippen LogP) is 5.54. The molecule has 0 unspecified atom stereocenters. The van der Waals surface area contributed by atoms with Crippen molar-refractivity contribution in [3.8, 4) is 0 Å². The Morgan fingerprint density at radius 1 is 1.13 bits per heavy atom. The minimum Gasteiger partial charge on any atom is -0.396 e. The van der Waals surface area contributed by atoms with Crippen molar-refractivity contribution in [3.05, 3.63) is 11.6 Å². The van der Waals surface area contributed by atoms with Crippen LogP contribution in [0.4, 0.5) is 0 Å². The highest BCUT2D eigenvalue weighted by molar-refractivity contribution is 5.81. The second kappa shape index (κ2) is 8.35. The van der Waals surface area contributed by atoms with Crippen molar-refractivity contribution < 1.29 is 15.0 Å². The monoisotopic (exact) mass is 416 g/mol. The first kappa shape index (κ1) is 22.5. The summed E-state index contributed by atoms with van der Waals surface area (Å²) >= 11 is 0. The van der Waals surface area contributed by atoms with Crippen LogP contribution in [0.25, 0.3) is 0 Å². The number of hydrogen-bond donors (Lipinski definition) is 2. The minimum absolute atomic E-state index is 0.133. The van der Waals surface area contributed by atoms with E-state index in [-0.39, 0.29) is 24.5 Å². The Labute approximate surface area is 183 Å². The van der Waals surface area contributed by atoms with Crippen molar-refractivity contribution >= 4 is 5.78 Å². The van der Waals surface area contributed by atoms with Gasteiger partial charge >= 0.3 is 0 Å². The van der Waals surface area contributed by atoms with Crippen molar-refractivity contribution in [2.75, 3.05) is 6.61 Å². The number of hydrogen-bond acceptors (Lipinski definition) is 3. The number of fused-ring (bicyclic) bond motifs is 5. The molecule has 4 aliphatic carbocycles. The van der Waals surface area contributed by atoms with Crippen molar-refractivity contribution in [1.29, 1.82) is 0 Å². The number of aliphatic hydroxyl groups is 2. The maximum Gasteiger partial charge on any atom is 0.136 e. The molecule has 170 valence electrons. The van der Waals surface area contributed by atoms with Crippen LogP contribution in [0.3, 0.4) is 0 Å². The van der Waals surface area contributed by atoms with Crippen LogP contribution < -0.4 is 0 Å². The molecule has 9 atom stereocenters. The Kier molecular flexibility index (Phi) is 6.27. The van der Waals surface area contributed by atoms with Crippen LogP contribution in [0, 0.1) is 46.3 Å². The molecule has 0 aromatic rings. The van der Waals surface area contributed by atoms with Gasteiger partial charge in [-0.25, -0.2) is 0 Å². The van der Waals surface area contributed by atoms with E-state index in [4.69, 9.17) is 0 Å². The van der Waals surface area contributed by atoms with Gasteiger partial charge in [-0.05, 0) is 98.2 Å². The van der Waals surface area contributed by atoms with E-state index < -0.39 is 0 Å². The summed E-state index contributed by atoms with van der Waals surface area (Å²) in [7, 11) is 0. The van der Waals surface area contributed by atoms with Gasteiger partial charge in [0.15, 0.2) is 0 Å². The topological polar surface area (TPSA) is 57.5 Å². The highest BCUT2D eigenvalue weighted by Crippen LogP contribution is 2.67. The molecule has 0 aliphatic heterocycles. The molecule has 0 radical (unpaired) electrons. The van der Waals surface area contributed by atoms with E-state index in [9.17, 15) is 15.0 Å². The average molecular weight is 417 g/mol. The normalized spacial score (nSPS) is 45.0. The van der Waals surface area contributed by atoms with Gasteiger partial charge in [0.25, 0.3) is 0 Å². The van der Waals surface area contributed by atoms with Crippen molar-refractivity contribution in [3.63, 3.8) is 0 Å². The van der Waals surface area contributed by atoms with E-state index in [0.29, 0.717) is 29.0 Å². The van der Waals surface area contributed by atoms with Gasteiger partial charge in [0, 0.05) is 18.9 Å². The molecule has 4 rings (SSSR count). The van der Waals surface area contributed by atoms with E-state index >= 15 is 0 Å². The number of rotatable bonds is 6. The fourth-order valence-corrected chi connectivity index (χ4v) is 8.44. The lowest BCUT2D eigenvalue weighted by Gasteiger charge is -2.58. The zero-order valence-electron chi connectivity index (χ0n) is 19.7. The number of carbonyl (C=O) groups excluding carboxylic acids is 1. The molecule has 3 nitrogen and oxygen atoms in total. The largest absolute Gasteiger partial charge is 0.396 e. The Balaban J connectivity index is 1.49. The van der Waals surface area contributed by atoms with Crippen LogP contribution >= 0.6 is 0 Å². The molecule has 0 bridgehead atoms. The second-order valence-electron chi connectivity index (χ2n) is 12.0. The summed E-state index contributed by atoms with van der Waals surface area (Å²) in [5.41, 5.74) is 2.14. The predicted molar refractivity (Wildman–Crippen MR) is 121 cm³/mol. The fraction of sp³-hybridized carbons (Fsp3) is 0.889. The summed E-state index contributed by atoms with van der Waals surface area (Å²) < 4.78 is 0. The SMILES string of the molecule is C[C@@H](CO)CCC(=O)[C@@H](C)[C@H]1CC[C@@H]2[C@H]3CC=C4C[C@@H](O)CC[C@]4(C)[C@@H]3CC[C@@]21C. The molecule has 3 saturated carbocycles. The number of Topliss-reactive ketones (excluding diaryl/α,β-unsaturated/α-hetero) is 1. The first-order chi connectivity index (χ1) is 14.2. The molecule has 4 aliphatic rings. The maximum atomic E-state index is 13.0. The third-order valence-corrected chi connectivity index (χ3v) is 10.5. The summed E-state index contributed by atoms with van der Waals surface area (Å²) in [5, 5.41) is 19.5. The van der Waals surface area contributed by atoms with Gasteiger partial charge in [0.2, 0.25) is 0 Å². The Bertz CT molecular complexity index is 684. The maximum absolute atomic E-state index is 13.0. The van der Waals surface area contributed by atoms with Gasteiger partial charge in [-0.1, -0.05) is 39.3 Å². The van der Waals surface area contributed by atoms with E-state index in [0.717, 1.165) is 43.4 Å². The number of ketones is 1. The molecule has 2 N–H and O–H groups in total. The molecule has 0 heterocycles. The highest BCUT2D eigenvalue weighted by Gasteiger charge is 2.59. The Hall–Kier alpha value is -0.670. The lowest BCUT2D eigenvalue weighted by atomic mass is 9.47. The second-order valence-corrected chi connectivity index (χ2v) is 12.0. The summed E-state index contributed by atoms with van der Waals surface area (Å²) in [4.78, 5) is 13.0. The Morgan fingerprint density at radius 3 is 2.63 bits per heavy atom. The van der Waals surface area contributed by atoms with E-state index in [1.54, 1.807) is 5.57 Å². The lowest BCUT2D eigenvalue weighted by Crippen LogP contribution is -2.51. The van der Waals surface area contributed by atoms with Gasteiger partial charge in [-0.15, -0.1) is 0 Å². The van der Waals surface area contributed by atoms with Crippen molar-refractivity contribution in [2.24, 2.45) is 46.3 Å². The fourth-order valence-electron chi connectivity index (χ4n) is 8.44. The molecule has 0 spiro atoms. The summed E-state index contributed by atoms with van der Waals surface area (Å²) in [6.07, 6.45) is 13.0. The molecule has 0 aromatic heterocycles. The number of aliphatic hydroxyl groups excluding tert-OH is 2. The van der Waals surface area contributed by atoms with Crippen molar-refractivity contribution in [1.82, 2.24) is 0 Å². The molecule has 0 saturated heterocycles. The van der Waals surface area contributed by atoms with Crippen LogP contribution in [0.15, 0.2) is 11.6 Å². The molecule has 0 aromatic carbocycles. The average Bonchev–Trinajstić information content (AvgIpc) is 3.08. The van der Waals surface area contributed by atoms with Crippen LogP contribution in [0.5, 0.6) is 0 Å². The van der Waals surface area contributed by atoms with Gasteiger partial charge < -0.3 is 10.2 Å². The number of allylic oxidation sites excluding steroid dienone is 1. The third-order valence-electron chi connectivity index (χ3n) is 10.5.